The number of carbonyl (C=O) groups excluding carboxylic acids is 1. The molecule has 0 unspecified atom stereocenters. The normalized spacial score (nSPS) is 14.6. The Bertz CT molecular complexity index is 829. The molecule has 0 aliphatic heterocycles. The van der Waals surface area contributed by atoms with Crippen LogP contribution in [0.1, 0.15) is 91.9 Å². The third kappa shape index (κ3) is 10.3. The molecule has 2 aliphatic carbocycles. The number of halogens is 1. The molecule has 0 saturated heterocycles. The fraction of sp³-hybridized carbons (Fsp3) is 0.500. The van der Waals surface area contributed by atoms with Gasteiger partial charge in [-0.05, 0) is 97.9 Å². The van der Waals surface area contributed by atoms with E-state index in [2.05, 4.69) is 61.0 Å². The molecule has 0 heterocycles. The zero-order chi connectivity index (χ0) is 22.6. The monoisotopic (exact) mass is 492 g/mol. The summed E-state index contributed by atoms with van der Waals surface area (Å²) in [6, 6.07) is 12.6. The van der Waals surface area contributed by atoms with Crippen LogP contribution < -0.4 is 18.9 Å². The van der Waals surface area contributed by atoms with Gasteiger partial charge in [0.05, 0.1) is 12.7 Å². The van der Waals surface area contributed by atoms with Gasteiger partial charge in [0.25, 0.3) is 0 Å². The van der Waals surface area contributed by atoms with Crippen LogP contribution in [0.4, 0.5) is 0 Å². The fourth-order valence-electron chi connectivity index (χ4n) is 4.03. The molecule has 0 N–H and O–H groups in total. The van der Waals surface area contributed by atoms with E-state index in [9.17, 15) is 4.79 Å². The summed E-state index contributed by atoms with van der Waals surface area (Å²) in [4.78, 5) is 11.4. The van der Waals surface area contributed by atoms with Crippen molar-refractivity contribution < 1.29 is 28.4 Å². The van der Waals surface area contributed by atoms with E-state index in [0.717, 1.165) is 12.8 Å². The number of esters is 1. The summed E-state index contributed by atoms with van der Waals surface area (Å²) in [5.41, 5.74) is 6.53. The van der Waals surface area contributed by atoms with Gasteiger partial charge in [-0.1, -0.05) is 40.9 Å². The Morgan fingerprint density at radius 2 is 1.19 bits per heavy atom. The molecule has 32 heavy (non-hydrogen) atoms. The van der Waals surface area contributed by atoms with Gasteiger partial charge in [0, 0.05) is 4.47 Å². The van der Waals surface area contributed by atoms with Crippen molar-refractivity contribution in [3.05, 3.63) is 74.6 Å². The number of ether oxygens (including phenoxy) is 1. The molecule has 2 aliphatic rings. The van der Waals surface area contributed by atoms with Gasteiger partial charge in [0.15, 0.2) is 0 Å². The summed E-state index contributed by atoms with van der Waals surface area (Å²) >= 11 is 3.52. The van der Waals surface area contributed by atoms with Gasteiger partial charge >= 0.3 is 24.8 Å². The van der Waals surface area contributed by atoms with Crippen molar-refractivity contribution in [1.29, 1.82) is 0 Å². The standard InChI is InChI=1S/C13H16O2.C11H13Br.C4H9.Li/c1-15-13(14)12-8-7-10-5-3-2-4-6-11(10)9-12;12-11-7-6-9-4-2-1-3-5-10(9)8-11;1-4(2)3;/h7-9H,2-6H2,1H3;6-8H,1-5H2;1-3H3;/q;;-1;+1. The van der Waals surface area contributed by atoms with Crippen molar-refractivity contribution in [2.75, 3.05) is 7.11 Å². The van der Waals surface area contributed by atoms with E-state index in [-0.39, 0.29) is 24.8 Å². The Kier molecular flexibility index (Phi) is 14.3. The molecule has 2 aromatic rings. The van der Waals surface area contributed by atoms with E-state index >= 15 is 0 Å². The molecule has 0 atom stereocenters. The quantitative estimate of drug-likeness (QED) is 0.240. The summed E-state index contributed by atoms with van der Waals surface area (Å²) in [5, 5.41) is 0. The zero-order valence-corrected chi connectivity index (χ0v) is 22.3. The minimum absolute atomic E-state index is 0. The zero-order valence-electron chi connectivity index (χ0n) is 20.7. The Hall–Kier alpha value is -1.01. The Balaban J connectivity index is 0.000000272. The molecule has 0 spiro atoms. The topological polar surface area (TPSA) is 26.3 Å². The molecule has 4 heteroatoms. The Morgan fingerprint density at radius 1 is 0.750 bits per heavy atom. The van der Waals surface area contributed by atoms with Gasteiger partial charge in [-0.3, -0.25) is 0 Å². The molecule has 4 rings (SSSR count). The van der Waals surface area contributed by atoms with Gasteiger partial charge in [-0.15, -0.1) is 0 Å². The van der Waals surface area contributed by atoms with E-state index in [1.807, 2.05) is 12.1 Å². The molecule has 0 fully saturated rings. The van der Waals surface area contributed by atoms with Crippen molar-refractivity contribution in [1.82, 2.24) is 0 Å². The van der Waals surface area contributed by atoms with Gasteiger partial charge < -0.3 is 10.7 Å². The first-order valence-corrected chi connectivity index (χ1v) is 12.4. The largest absolute Gasteiger partial charge is 1.00 e. The second kappa shape index (κ2) is 15.8. The molecule has 0 radical (unpaired) electrons. The molecule has 0 aromatic heterocycles. The van der Waals surface area contributed by atoms with E-state index in [1.165, 1.54) is 80.0 Å². The first-order chi connectivity index (χ1) is 14.9. The maximum absolute atomic E-state index is 11.4. The fourth-order valence-corrected chi connectivity index (χ4v) is 4.44. The van der Waals surface area contributed by atoms with Crippen LogP contribution in [0.3, 0.4) is 0 Å². The second-order valence-electron chi connectivity index (χ2n) is 9.01. The van der Waals surface area contributed by atoms with Crippen LogP contribution >= 0.6 is 15.9 Å². The maximum Gasteiger partial charge on any atom is 1.00 e. The van der Waals surface area contributed by atoms with E-state index in [0.29, 0.717) is 5.56 Å². The molecule has 2 aromatic carbocycles. The Morgan fingerprint density at radius 3 is 1.69 bits per heavy atom. The van der Waals surface area contributed by atoms with Gasteiger partial charge in [-0.25, -0.2) is 4.79 Å². The van der Waals surface area contributed by atoms with Crippen LogP contribution in [-0.2, 0) is 30.4 Å². The van der Waals surface area contributed by atoms with Crippen molar-refractivity contribution in [2.45, 2.75) is 85.0 Å². The molecule has 0 bridgehead atoms. The minimum Gasteiger partial charge on any atom is -0.465 e. The number of fused-ring (bicyclic) bond motifs is 2. The second-order valence-corrected chi connectivity index (χ2v) is 9.93. The van der Waals surface area contributed by atoms with Gasteiger partial charge in [-0.2, -0.15) is 20.8 Å². The van der Waals surface area contributed by atoms with E-state index < -0.39 is 0 Å². The molecule has 170 valence electrons. The van der Waals surface area contributed by atoms with E-state index in [1.54, 1.807) is 11.1 Å². The van der Waals surface area contributed by atoms with Crippen molar-refractivity contribution in [3.63, 3.8) is 0 Å². The minimum atomic E-state index is -0.234. The van der Waals surface area contributed by atoms with Crippen LogP contribution in [0, 0.1) is 5.92 Å². The smallest absolute Gasteiger partial charge is 0.465 e. The summed E-state index contributed by atoms with van der Waals surface area (Å²) < 4.78 is 5.94. The molecule has 0 amide bonds. The first kappa shape index (κ1) is 29.0. The summed E-state index contributed by atoms with van der Waals surface area (Å²) in [6.07, 6.45) is 12.7. The third-order valence-electron chi connectivity index (χ3n) is 5.58. The van der Waals surface area contributed by atoms with Gasteiger partial charge in [0.1, 0.15) is 0 Å². The van der Waals surface area contributed by atoms with Crippen LogP contribution in [0.2, 0.25) is 0 Å². The number of hydrogen-bond acceptors (Lipinski definition) is 2. The number of hydrogen-bond donors (Lipinski definition) is 0. The van der Waals surface area contributed by atoms with Crippen molar-refractivity contribution in [2.24, 2.45) is 0 Å². The number of rotatable bonds is 1. The van der Waals surface area contributed by atoms with Crippen molar-refractivity contribution in [3.8, 4) is 0 Å². The number of methoxy groups -OCH3 is 1. The predicted molar refractivity (Wildman–Crippen MR) is 135 cm³/mol. The SMILES string of the molecule is Brc1ccc2c(c1)CCCCC2.COC(=O)c1ccc2c(c1)CCCCC2.C[C-](C)C.[Li+]. The predicted octanol–water partition coefficient (Wildman–Crippen LogP) is 5.08. The third-order valence-corrected chi connectivity index (χ3v) is 6.07. The van der Waals surface area contributed by atoms with Crippen LogP contribution in [0.15, 0.2) is 40.9 Å². The number of aryl methyl sites for hydroxylation is 4. The van der Waals surface area contributed by atoms with Crippen LogP contribution in [0.5, 0.6) is 0 Å². The number of benzene rings is 2. The summed E-state index contributed by atoms with van der Waals surface area (Å²) in [6.45, 7) is 6.25. The van der Waals surface area contributed by atoms with E-state index in [4.69, 9.17) is 4.74 Å². The average molecular weight is 493 g/mol. The molecular formula is C28H38BrLiO2. The maximum atomic E-state index is 11.4. The van der Waals surface area contributed by atoms with Crippen molar-refractivity contribution >= 4 is 21.9 Å². The Labute approximate surface area is 216 Å². The van der Waals surface area contributed by atoms with Crippen LogP contribution in [0.25, 0.3) is 0 Å². The van der Waals surface area contributed by atoms with Crippen LogP contribution in [-0.4, -0.2) is 13.1 Å². The molecule has 2 nitrogen and oxygen atoms in total. The molecular weight excluding hydrogens is 455 g/mol. The average Bonchev–Trinajstić information content (AvgIpc) is 3.12. The molecule has 0 saturated carbocycles. The first-order valence-electron chi connectivity index (χ1n) is 11.6. The number of carbonyl (C=O) groups is 1. The van der Waals surface area contributed by atoms with Gasteiger partial charge in [0.2, 0.25) is 0 Å². The summed E-state index contributed by atoms with van der Waals surface area (Å²) in [5.74, 6) is 1.18. The summed E-state index contributed by atoms with van der Waals surface area (Å²) in [7, 11) is 1.42.